The highest BCUT2D eigenvalue weighted by Gasteiger charge is 2.29. The van der Waals surface area contributed by atoms with Crippen LogP contribution in [0.1, 0.15) is 12.0 Å². The molecule has 1 aromatic carbocycles. The zero-order valence-corrected chi connectivity index (χ0v) is 14.7. The van der Waals surface area contributed by atoms with Crippen LogP contribution in [0.3, 0.4) is 0 Å². The summed E-state index contributed by atoms with van der Waals surface area (Å²) in [6.07, 6.45) is 0.588. The molecule has 25 heavy (non-hydrogen) atoms. The van der Waals surface area contributed by atoms with Crippen molar-refractivity contribution in [2.45, 2.75) is 12.5 Å². The molecule has 8 heteroatoms. The number of anilines is 1. The molecule has 1 aliphatic heterocycles. The van der Waals surface area contributed by atoms with Crippen molar-refractivity contribution in [2.24, 2.45) is 14.1 Å². The zero-order valence-electron chi connectivity index (χ0n) is 13.9. The smallest absolute Gasteiger partial charge is 0.332 e. The zero-order chi connectivity index (χ0) is 18.1. The van der Waals surface area contributed by atoms with Gasteiger partial charge in [0.25, 0.3) is 5.56 Å². The van der Waals surface area contributed by atoms with Crippen LogP contribution in [0.15, 0.2) is 33.9 Å². The third kappa shape index (κ3) is 3.13. The van der Waals surface area contributed by atoms with E-state index in [1.165, 1.54) is 11.6 Å². The molecule has 130 valence electrons. The molecule has 1 aliphatic rings. The molecule has 0 radical (unpaired) electrons. The number of nitriles is 1. The normalized spacial score (nSPS) is 16.7. The fourth-order valence-corrected chi connectivity index (χ4v) is 3.23. The molecule has 0 amide bonds. The van der Waals surface area contributed by atoms with Crippen LogP contribution in [-0.4, -0.2) is 28.3 Å². The summed E-state index contributed by atoms with van der Waals surface area (Å²) in [5.41, 5.74) is -1.08. The first kappa shape index (κ1) is 17.1. The van der Waals surface area contributed by atoms with E-state index in [1.54, 1.807) is 19.2 Å². The molecule has 3 rings (SSSR count). The molecule has 1 fully saturated rings. The highest BCUT2D eigenvalue weighted by atomic mass is 35.5. The van der Waals surface area contributed by atoms with E-state index in [0.29, 0.717) is 36.1 Å². The van der Waals surface area contributed by atoms with Crippen LogP contribution in [-0.2, 0) is 14.1 Å². The summed E-state index contributed by atoms with van der Waals surface area (Å²) in [6, 6.07) is 9.06. The van der Waals surface area contributed by atoms with Gasteiger partial charge in [0.15, 0.2) is 5.56 Å². The van der Waals surface area contributed by atoms with Gasteiger partial charge in [0, 0.05) is 32.1 Å². The van der Waals surface area contributed by atoms with E-state index in [1.807, 2.05) is 23.1 Å². The van der Waals surface area contributed by atoms with Crippen molar-refractivity contribution < 1.29 is 4.74 Å². The Labute approximate surface area is 149 Å². The first-order chi connectivity index (χ1) is 11.9. The van der Waals surface area contributed by atoms with Crippen LogP contribution in [0.25, 0.3) is 0 Å². The quantitative estimate of drug-likeness (QED) is 0.823. The first-order valence-electron chi connectivity index (χ1n) is 7.79. The van der Waals surface area contributed by atoms with E-state index >= 15 is 0 Å². The SMILES string of the molecule is Cn1c(N2CCC(Oc3cccc(Cl)c3)C2)c(C#N)c(=O)n(C)c1=O. The van der Waals surface area contributed by atoms with Crippen molar-refractivity contribution in [2.75, 3.05) is 18.0 Å². The monoisotopic (exact) mass is 360 g/mol. The van der Waals surface area contributed by atoms with Gasteiger partial charge in [-0.25, -0.2) is 4.79 Å². The standard InChI is InChI=1S/C17H17ClN4O3/c1-20-15(14(9-19)16(23)21(2)17(20)24)22-7-6-13(10-22)25-12-5-3-4-11(18)8-12/h3-5,8,13H,6-7,10H2,1-2H3. The van der Waals surface area contributed by atoms with E-state index in [9.17, 15) is 14.9 Å². The lowest BCUT2D eigenvalue weighted by molar-refractivity contribution is 0.225. The van der Waals surface area contributed by atoms with E-state index in [-0.39, 0.29) is 11.7 Å². The summed E-state index contributed by atoms with van der Waals surface area (Å²) >= 11 is 5.96. The van der Waals surface area contributed by atoms with Crippen LogP contribution in [0, 0.1) is 11.3 Å². The third-order valence-corrected chi connectivity index (χ3v) is 4.52. The predicted octanol–water partition coefficient (Wildman–Crippen LogP) is 1.27. The second-order valence-electron chi connectivity index (χ2n) is 5.95. The largest absolute Gasteiger partial charge is 0.488 e. The maximum Gasteiger partial charge on any atom is 0.332 e. The summed E-state index contributed by atoms with van der Waals surface area (Å²) < 4.78 is 8.20. The summed E-state index contributed by atoms with van der Waals surface area (Å²) in [7, 11) is 2.92. The second kappa shape index (κ2) is 6.65. The summed E-state index contributed by atoms with van der Waals surface area (Å²) in [5.74, 6) is 1.01. The van der Waals surface area contributed by atoms with Gasteiger partial charge in [0.05, 0.1) is 6.54 Å². The van der Waals surface area contributed by atoms with Crippen molar-refractivity contribution in [3.8, 4) is 11.8 Å². The van der Waals surface area contributed by atoms with Gasteiger partial charge in [0.1, 0.15) is 23.7 Å². The number of hydrogen-bond donors (Lipinski definition) is 0. The van der Waals surface area contributed by atoms with Gasteiger partial charge in [-0.3, -0.25) is 13.9 Å². The fourth-order valence-electron chi connectivity index (χ4n) is 3.05. The molecule has 0 bridgehead atoms. The summed E-state index contributed by atoms with van der Waals surface area (Å²) in [5, 5.41) is 9.97. The van der Waals surface area contributed by atoms with Crippen LogP contribution in [0.2, 0.25) is 5.02 Å². The Morgan fingerprint density at radius 1 is 1.28 bits per heavy atom. The van der Waals surface area contributed by atoms with Crippen molar-refractivity contribution in [3.63, 3.8) is 0 Å². The molecule has 1 saturated heterocycles. The van der Waals surface area contributed by atoms with E-state index < -0.39 is 11.2 Å². The average molecular weight is 361 g/mol. The first-order valence-corrected chi connectivity index (χ1v) is 8.17. The van der Waals surface area contributed by atoms with Gasteiger partial charge in [-0.05, 0) is 18.2 Å². The van der Waals surface area contributed by atoms with Crippen LogP contribution in [0.4, 0.5) is 5.82 Å². The Hall–Kier alpha value is -2.72. The number of rotatable bonds is 3. The number of nitrogens with zero attached hydrogens (tertiary/aromatic N) is 4. The minimum Gasteiger partial charge on any atom is -0.488 e. The highest BCUT2D eigenvalue weighted by Crippen LogP contribution is 2.25. The van der Waals surface area contributed by atoms with Gasteiger partial charge in [-0.2, -0.15) is 5.26 Å². The molecule has 0 saturated carbocycles. The minimum atomic E-state index is -0.584. The lowest BCUT2D eigenvalue weighted by Crippen LogP contribution is -2.42. The molecular weight excluding hydrogens is 344 g/mol. The van der Waals surface area contributed by atoms with E-state index in [0.717, 1.165) is 4.57 Å². The molecule has 0 spiro atoms. The number of halogens is 1. The van der Waals surface area contributed by atoms with Crippen LogP contribution in [0.5, 0.6) is 5.75 Å². The van der Waals surface area contributed by atoms with Gasteiger partial charge in [-0.1, -0.05) is 17.7 Å². The van der Waals surface area contributed by atoms with Gasteiger partial charge in [-0.15, -0.1) is 0 Å². The number of benzene rings is 1. The predicted molar refractivity (Wildman–Crippen MR) is 94.3 cm³/mol. The molecule has 0 N–H and O–H groups in total. The summed E-state index contributed by atoms with van der Waals surface area (Å²) in [6.45, 7) is 1.06. The number of aromatic nitrogens is 2. The molecule has 0 aliphatic carbocycles. The number of hydrogen-bond acceptors (Lipinski definition) is 5. The highest BCUT2D eigenvalue weighted by molar-refractivity contribution is 6.30. The molecule has 1 aromatic heterocycles. The van der Waals surface area contributed by atoms with Crippen LogP contribution < -0.4 is 20.9 Å². The Morgan fingerprint density at radius 2 is 2.04 bits per heavy atom. The van der Waals surface area contributed by atoms with Crippen molar-refractivity contribution in [3.05, 3.63) is 55.7 Å². The van der Waals surface area contributed by atoms with Crippen molar-refractivity contribution in [1.82, 2.24) is 9.13 Å². The van der Waals surface area contributed by atoms with Gasteiger partial charge >= 0.3 is 5.69 Å². The topological polar surface area (TPSA) is 80.3 Å². The lowest BCUT2D eigenvalue weighted by atomic mass is 10.3. The Kier molecular flexibility index (Phi) is 4.55. The minimum absolute atomic E-state index is 0.0343. The second-order valence-corrected chi connectivity index (χ2v) is 6.38. The molecule has 1 unspecified atom stereocenters. The maximum atomic E-state index is 12.2. The van der Waals surface area contributed by atoms with Gasteiger partial charge in [0.2, 0.25) is 0 Å². The van der Waals surface area contributed by atoms with Crippen molar-refractivity contribution in [1.29, 1.82) is 5.26 Å². The molecular formula is C17H17ClN4O3. The number of ether oxygens (including phenoxy) is 1. The van der Waals surface area contributed by atoms with Crippen LogP contribution >= 0.6 is 11.6 Å². The molecule has 7 nitrogen and oxygen atoms in total. The van der Waals surface area contributed by atoms with E-state index in [2.05, 4.69) is 0 Å². The van der Waals surface area contributed by atoms with Gasteiger partial charge < -0.3 is 9.64 Å². The lowest BCUT2D eigenvalue weighted by Gasteiger charge is -2.22. The fraction of sp³-hybridized carbons (Fsp3) is 0.353. The molecule has 1 atom stereocenters. The summed E-state index contributed by atoms with van der Waals surface area (Å²) in [4.78, 5) is 26.2. The molecule has 2 aromatic rings. The Bertz CT molecular complexity index is 973. The molecule has 2 heterocycles. The average Bonchev–Trinajstić information content (AvgIpc) is 3.04. The van der Waals surface area contributed by atoms with Crippen molar-refractivity contribution >= 4 is 17.4 Å². The Morgan fingerprint density at radius 3 is 2.72 bits per heavy atom. The Balaban J connectivity index is 1.89. The van der Waals surface area contributed by atoms with E-state index in [4.69, 9.17) is 16.3 Å². The maximum absolute atomic E-state index is 12.2. The third-order valence-electron chi connectivity index (χ3n) is 4.29.